The molecule has 5 heteroatoms. The molecule has 0 spiro atoms. The zero-order chi connectivity index (χ0) is 20.0. The maximum atomic E-state index is 12.8. The summed E-state index contributed by atoms with van der Waals surface area (Å²) in [6.45, 7) is 3.88. The molecular formula is C24H36N2O2S. The van der Waals surface area contributed by atoms with Crippen molar-refractivity contribution in [2.75, 3.05) is 13.1 Å². The van der Waals surface area contributed by atoms with Crippen molar-refractivity contribution in [1.29, 1.82) is 0 Å². The number of nitrogens with zero attached hydrogens (tertiary/aromatic N) is 2. The Morgan fingerprint density at radius 1 is 1.10 bits per heavy atom. The molecule has 5 rings (SSSR count). The number of likely N-dealkylation sites (tertiary alicyclic amines) is 1. The van der Waals surface area contributed by atoms with Gasteiger partial charge in [-0.25, -0.2) is 4.99 Å². The molecule has 2 bridgehead atoms. The molecule has 5 aliphatic rings. The second kappa shape index (κ2) is 8.01. The Morgan fingerprint density at radius 2 is 1.86 bits per heavy atom. The third kappa shape index (κ3) is 4.05. The third-order valence-electron chi connectivity index (χ3n) is 8.65. The number of carbonyl (C=O) groups excluding carboxylic acids is 2. The number of hydrogen-bond acceptors (Lipinski definition) is 3. The zero-order valence-electron chi connectivity index (χ0n) is 17.9. The molecular weight excluding hydrogens is 380 g/mol. The van der Waals surface area contributed by atoms with E-state index in [4.69, 9.17) is 0 Å². The Bertz CT molecular complexity index is 693. The lowest BCUT2D eigenvalue weighted by atomic mass is 9.86. The lowest BCUT2D eigenvalue weighted by Crippen LogP contribution is -2.42. The van der Waals surface area contributed by atoms with Crippen LogP contribution in [0.5, 0.6) is 0 Å². The quantitative estimate of drug-likeness (QED) is 0.629. The van der Waals surface area contributed by atoms with Gasteiger partial charge in [-0.3, -0.25) is 9.59 Å². The monoisotopic (exact) mass is 416 g/mol. The number of thioether (sulfide) groups is 1. The van der Waals surface area contributed by atoms with E-state index in [-0.39, 0.29) is 16.6 Å². The maximum absolute atomic E-state index is 12.8. The molecule has 0 radical (unpaired) electrons. The van der Waals surface area contributed by atoms with Crippen LogP contribution in [0.4, 0.5) is 0 Å². The average molecular weight is 417 g/mol. The van der Waals surface area contributed by atoms with Crippen molar-refractivity contribution >= 4 is 28.6 Å². The highest BCUT2D eigenvalue weighted by Gasteiger charge is 2.46. The van der Waals surface area contributed by atoms with Gasteiger partial charge < -0.3 is 4.90 Å². The second-order valence-corrected chi connectivity index (χ2v) is 12.3. The lowest BCUT2D eigenvalue weighted by Gasteiger charge is -2.36. The van der Waals surface area contributed by atoms with Crippen LogP contribution in [0, 0.1) is 29.6 Å². The molecule has 2 aliphatic heterocycles. The van der Waals surface area contributed by atoms with E-state index in [1.165, 1.54) is 38.5 Å². The summed E-state index contributed by atoms with van der Waals surface area (Å²) in [4.78, 5) is 32.1. The van der Waals surface area contributed by atoms with Crippen LogP contribution in [0.3, 0.4) is 0 Å². The van der Waals surface area contributed by atoms with Crippen molar-refractivity contribution in [1.82, 2.24) is 4.90 Å². The molecule has 0 aromatic heterocycles. The Balaban J connectivity index is 1.11. The SMILES string of the molecule is CC1(CC2CCN(C(=O)C3CCCC3)CC2)SC(C[C@H]2C[C@@H]3CC[C@H]2C3)=NC1=O. The minimum Gasteiger partial charge on any atom is -0.342 e. The van der Waals surface area contributed by atoms with E-state index < -0.39 is 0 Å². The fourth-order valence-electron chi connectivity index (χ4n) is 6.96. The predicted octanol–water partition coefficient (Wildman–Crippen LogP) is 5.06. The fraction of sp³-hybridized carbons (Fsp3) is 0.875. The minimum absolute atomic E-state index is 0.102. The number of aliphatic imine (C=N–C) groups is 1. The van der Waals surface area contributed by atoms with Crippen molar-refractivity contribution in [2.45, 2.75) is 88.7 Å². The highest BCUT2D eigenvalue weighted by molar-refractivity contribution is 8.16. The number of rotatable bonds is 5. The van der Waals surface area contributed by atoms with E-state index in [0.717, 1.165) is 74.4 Å². The van der Waals surface area contributed by atoms with Crippen molar-refractivity contribution in [3.05, 3.63) is 0 Å². The maximum Gasteiger partial charge on any atom is 0.262 e. The van der Waals surface area contributed by atoms with Gasteiger partial charge in [-0.2, -0.15) is 0 Å². The Hall–Kier alpha value is -0.840. The van der Waals surface area contributed by atoms with Crippen molar-refractivity contribution in [2.24, 2.45) is 34.6 Å². The number of carbonyl (C=O) groups is 2. The number of hydrogen-bond donors (Lipinski definition) is 0. The van der Waals surface area contributed by atoms with Crippen LogP contribution in [0.1, 0.15) is 84.0 Å². The first-order valence-electron chi connectivity index (χ1n) is 12.1. The average Bonchev–Trinajstić information content (AvgIpc) is 3.48. The van der Waals surface area contributed by atoms with Crippen LogP contribution in [0.2, 0.25) is 0 Å². The fourth-order valence-corrected chi connectivity index (χ4v) is 8.36. The van der Waals surface area contributed by atoms with E-state index in [0.29, 0.717) is 11.8 Å². The molecule has 4 atom stereocenters. The van der Waals surface area contributed by atoms with Crippen molar-refractivity contribution < 1.29 is 9.59 Å². The predicted molar refractivity (Wildman–Crippen MR) is 118 cm³/mol. The van der Waals surface area contributed by atoms with Gasteiger partial charge in [0, 0.05) is 19.0 Å². The standard InChI is InChI=1S/C24H36N2O2S/c1-24(15-16-8-10-26(11-9-16)22(27)18-4-2-3-5-18)23(28)25-21(29-24)14-20-13-17-6-7-19(20)12-17/h16-20H,2-15H2,1H3/t17-,19+,20-,24?/m1/s1. The van der Waals surface area contributed by atoms with Crippen molar-refractivity contribution in [3.63, 3.8) is 0 Å². The molecule has 0 aromatic carbocycles. The summed E-state index contributed by atoms with van der Waals surface area (Å²) in [5.41, 5.74) is 0. The lowest BCUT2D eigenvalue weighted by molar-refractivity contribution is -0.137. The van der Waals surface area contributed by atoms with E-state index in [1.54, 1.807) is 11.8 Å². The van der Waals surface area contributed by atoms with Gasteiger partial charge >= 0.3 is 0 Å². The first-order chi connectivity index (χ1) is 14.0. The van der Waals surface area contributed by atoms with Gasteiger partial charge in [0.15, 0.2) is 0 Å². The van der Waals surface area contributed by atoms with Gasteiger partial charge in [-0.05, 0) is 88.4 Å². The first-order valence-corrected chi connectivity index (χ1v) is 12.9. The van der Waals surface area contributed by atoms with Crippen LogP contribution < -0.4 is 0 Å². The van der Waals surface area contributed by atoms with Crippen molar-refractivity contribution in [3.8, 4) is 0 Å². The molecule has 2 amide bonds. The first kappa shape index (κ1) is 20.1. The summed E-state index contributed by atoms with van der Waals surface area (Å²) in [6, 6.07) is 0. The summed E-state index contributed by atoms with van der Waals surface area (Å²) in [5, 5.41) is 1.11. The minimum atomic E-state index is -0.366. The van der Waals surface area contributed by atoms with Crippen LogP contribution in [0.15, 0.2) is 4.99 Å². The van der Waals surface area contributed by atoms with E-state index in [9.17, 15) is 9.59 Å². The van der Waals surface area contributed by atoms with Gasteiger partial charge in [0.1, 0.15) is 4.75 Å². The van der Waals surface area contributed by atoms with Crippen LogP contribution in [0.25, 0.3) is 0 Å². The van der Waals surface area contributed by atoms with E-state index in [2.05, 4.69) is 16.8 Å². The summed E-state index contributed by atoms with van der Waals surface area (Å²) < 4.78 is -0.366. The Kier molecular flexibility index (Phi) is 5.55. The van der Waals surface area contributed by atoms with Gasteiger partial charge in [-0.15, -0.1) is 0 Å². The molecule has 1 unspecified atom stereocenters. The van der Waals surface area contributed by atoms with E-state index in [1.807, 2.05) is 0 Å². The summed E-state index contributed by atoms with van der Waals surface area (Å²) in [6.07, 6.45) is 14.3. The van der Waals surface area contributed by atoms with Crippen LogP contribution in [-0.2, 0) is 9.59 Å². The van der Waals surface area contributed by atoms with E-state index >= 15 is 0 Å². The molecule has 0 aromatic rings. The molecule has 0 N–H and O–H groups in total. The zero-order valence-corrected chi connectivity index (χ0v) is 18.7. The molecule has 3 saturated carbocycles. The number of piperidine rings is 1. The molecule has 4 nitrogen and oxygen atoms in total. The Morgan fingerprint density at radius 3 is 2.52 bits per heavy atom. The summed E-state index contributed by atoms with van der Waals surface area (Å²) in [5.74, 6) is 3.96. The third-order valence-corrected chi connectivity index (χ3v) is 9.94. The molecule has 2 heterocycles. The molecule has 160 valence electrons. The van der Waals surface area contributed by atoms with Gasteiger partial charge in [0.25, 0.3) is 5.91 Å². The van der Waals surface area contributed by atoms with Crippen LogP contribution in [-0.4, -0.2) is 39.6 Å². The highest BCUT2D eigenvalue weighted by Crippen LogP contribution is 2.51. The summed E-state index contributed by atoms with van der Waals surface area (Å²) in [7, 11) is 0. The molecule has 4 fully saturated rings. The number of fused-ring (bicyclic) bond motifs is 2. The topological polar surface area (TPSA) is 49.7 Å². The largest absolute Gasteiger partial charge is 0.342 e. The van der Waals surface area contributed by atoms with Crippen LogP contribution >= 0.6 is 11.8 Å². The summed E-state index contributed by atoms with van der Waals surface area (Å²) >= 11 is 1.78. The second-order valence-electron chi connectivity index (χ2n) is 10.7. The number of amides is 2. The van der Waals surface area contributed by atoms with Gasteiger partial charge in [-0.1, -0.05) is 31.0 Å². The molecule has 3 aliphatic carbocycles. The molecule has 29 heavy (non-hydrogen) atoms. The van der Waals surface area contributed by atoms with Gasteiger partial charge in [0.05, 0.1) is 5.04 Å². The smallest absolute Gasteiger partial charge is 0.262 e. The Labute approximate surface area is 179 Å². The van der Waals surface area contributed by atoms with Gasteiger partial charge in [0.2, 0.25) is 5.91 Å². The molecule has 1 saturated heterocycles. The normalized spacial score (nSPS) is 38.2. The highest BCUT2D eigenvalue weighted by atomic mass is 32.2.